The third kappa shape index (κ3) is 5.67. The maximum absolute atomic E-state index is 11.3. The molecule has 6 nitrogen and oxygen atoms in total. The predicted octanol–water partition coefficient (Wildman–Crippen LogP) is 1.82. The minimum Gasteiger partial charge on any atom is -0.443 e. The minimum absolute atomic E-state index is 0.483. The lowest BCUT2D eigenvalue weighted by Crippen LogP contribution is -2.40. The second-order valence-electron chi connectivity index (χ2n) is 5.09. The number of aryl methyl sites for hydroxylation is 1. The van der Waals surface area contributed by atoms with E-state index in [1.54, 1.807) is 6.20 Å². The van der Waals surface area contributed by atoms with Crippen LogP contribution in [0.1, 0.15) is 39.7 Å². The predicted molar refractivity (Wildman–Crippen MR) is 68.7 cm³/mol. The van der Waals surface area contributed by atoms with Gasteiger partial charge in [-0.15, -0.1) is 0 Å². The Morgan fingerprint density at radius 2 is 2.22 bits per heavy atom. The van der Waals surface area contributed by atoms with Gasteiger partial charge in [0.1, 0.15) is 5.60 Å². The summed E-state index contributed by atoms with van der Waals surface area (Å²) in [7, 11) is 0. The summed E-state index contributed by atoms with van der Waals surface area (Å²) in [5.74, 6) is 0. The molecular formula is C12H22N4O2. The molecule has 0 aromatic carbocycles. The van der Waals surface area contributed by atoms with Crippen molar-refractivity contribution in [1.82, 2.24) is 20.6 Å². The van der Waals surface area contributed by atoms with Gasteiger partial charge < -0.3 is 4.74 Å². The Kier molecular flexibility index (Phi) is 5.15. The van der Waals surface area contributed by atoms with Crippen molar-refractivity contribution in [2.75, 3.05) is 0 Å². The van der Waals surface area contributed by atoms with Gasteiger partial charge in [0.2, 0.25) is 0 Å². The maximum atomic E-state index is 11.3. The molecule has 0 unspecified atom stereocenters. The van der Waals surface area contributed by atoms with E-state index in [0.29, 0.717) is 6.54 Å². The Labute approximate surface area is 108 Å². The smallest absolute Gasteiger partial charge is 0.422 e. The highest BCUT2D eigenvalue weighted by atomic mass is 16.6. The van der Waals surface area contributed by atoms with Crippen LogP contribution in [0.2, 0.25) is 0 Å². The summed E-state index contributed by atoms with van der Waals surface area (Å²) in [4.78, 5) is 11.3. The third-order valence-electron chi connectivity index (χ3n) is 2.02. The number of rotatable bonds is 5. The maximum Gasteiger partial charge on any atom is 0.422 e. The molecule has 0 aliphatic heterocycles. The van der Waals surface area contributed by atoms with Gasteiger partial charge in [0.15, 0.2) is 0 Å². The van der Waals surface area contributed by atoms with Crippen LogP contribution >= 0.6 is 0 Å². The first-order valence-corrected chi connectivity index (χ1v) is 6.14. The molecule has 1 aromatic heterocycles. The Morgan fingerprint density at radius 3 is 2.83 bits per heavy atom. The van der Waals surface area contributed by atoms with Crippen molar-refractivity contribution < 1.29 is 9.53 Å². The average Bonchev–Trinajstić information content (AvgIpc) is 2.63. The number of hydrazine groups is 1. The number of carbonyl (C=O) groups excluding carboxylic acids is 1. The number of ether oxygens (including phenoxy) is 1. The summed E-state index contributed by atoms with van der Waals surface area (Å²) >= 11 is 0. The third-order valence-corrected chi connectivity index (χ3v) is 2.02. The van der Waals surface area contributed by atoms with Crippen LogP contribution in [-0.4, -0.2) is 21.5 Å². The summed E-state index contributed by atoms with van der Waals surface area (Å²) in [5, 5.41) is 4.20. The van der Waals surface area contributed by atoms with Gasteiger partial charge in [-0.3, -0.25) is 10.1 Å². The highest BCUT2D eigenvalue weighted by molar-refractivity contribution is 5.66. The van der Waals surface area contributed by atoms with Crippen LogP contribution in [0.4, 0.5) is 4.79 Å². The summed E-state index contributed by atoms with van der Waals surface area (Å²) in [6.45, 7) is 8.98. The lowest BCUT2D eigenvalue weighted by molar-refractivity contribution is 0.0497. The highest BCUT2D eigenvalue weighted by Gasteiger charge is 2.15. The van der Waals surface area contributed by atoms with Crippen molar-refractivity contribution in [3.05, 3.63) is 18.0 Å². The second-order valence-corrected chi connectivity index (χ2v) is 5.09. The van der Waals surface area contributed by atoms with E-state index in [4.69, 9.17) is 4.74 Å². The molecule has 1 aromatic rings. The molecule has 2 N–H and O–H groups in total. The van der Waals surface area contributed by atoms with Gasteiger partial charge in [0, 0.05) is 24.8 Å². The standard InChI is InChI=1S/C12H22N4O2/c1-5-6-16-9-10(8-14-16)7-13-15-11(17)18-12(2,3)4/h8-9,13H,5-7H2,1-4H3,(H,15,17). The van der Waals surface area contributed by atoms with E-state index >= 15 is 0 Å². The number of hydrogen-bond acceptors (Lipinski definition) is 4. The lowest BCUT2D eigenvalue weighted by atomic mass is 10.2. The molecule has 0 atom stereocenters. The molecule has 1 amide bonds. The van der Waals surface area contributed by atoms with Crippen LogP contribution in [0.5, 0.6) is 0 Å². The number of aromatic nitrogens is 2. The Hall–Kier alpha value is -1.56. The zero-order valence-corrected chi connectivity index (χ0v) is 11.5. The molecule has 0 saturated carbocycles. The van der Waals surface area contributed by atoms with Crippen LogP contribution < -0.4 is 10.9 Å². The zero-order chi connectivity index (χ0) is 13.6. The van der Waals surface area contributed by atoms with Gasteiger partial charge in [-0.1, -0.05) is 6.92 Å². The molecule has 1 rings (SSSR count). The lowest BCUT2D eigenvalue weighted by Gasteiger charge is -2.19. The van der Waals surface area contributed by atoms with Crippen LogP contribution in [0, 0.1) is 0 Å². The first-order chi connectivity index (χ1) is 8.40. The van der Waals surface area contributed by atoms with Gasteiger partial charge in [0.25, 0.3) is 0 Å². The summed E-state index contributed by atoms with van der Waals surface area (Å²) < 4.78 is 6.97. The Balaban J connectivity index is 2.26. The topological polar surface area (TPSA) is 68.2 Å². The fourth-order valence-corrected chi connectivity index (χ4v) is 1.37. The van der Waals surface area contributed by atoms with Crippen LogP contribution in [0.3, 0.4) is 0 Å². The second kappa shape index (κ2) is 6.39. The first kappa shape index (κ1) is 14.5. The molecular weight excluding hydrogens is 232 g/mol. The van der Waals surface area contributed by atoms with Crippen molar-refractivity contribution in [3.63, 3.8) is 0 Å². The van der Waals surface area contributed by atoms with Crippen LogP contribution in [0.25, 0.3) is 0 Å². The SMILES string of the molecule is CCCn1cc(CNNC(=O)OC(C)(C)C)cn1. The fraction of sp³-hybridized carbons (Fsp3) is 0.667. The van der Waals surface area contributed by atoms with Crippen LogP contribution in [0.15, 0.2) is 12.4 Å². The molecule has 0 spiro atoms. The number of amides is 1. The first-order valence-electron chi connectivity index (χ1n) is 6.14. The van der Waals surface area contributed by atoms with Crippen molar-refractivity contribution >= 4 is 6.09 Å². The number of hydrogen-bond donors (Lipinski definition) is 2. The molecule has 0 saturated heterocycles. The van der Waals surface area contributed by atoms with Crippen molar-refractivity contribution in [2.45, 2.75) is 52.8 Å². The highest BCUT2D eigenvalue weighted by Crippen LogP contribution is 2.06. The zero-order valence-electron chi connectivity index (χ0n) is 11.5. The van der Waals surface area contributed by atoms with Gasteiger partial charge in [-0.2, -0.15) is 5.10 Å². The molecule has 6 heteroatoms. The van der Waals surface area contributed by atoms with Crippen molar-refractivity contribution in [3.8, 4) is 0 Å². The van der Waals surface area contributed by atoms with Crippen molar-refractivity contribution in [1.29, 1.82) is 0 Å². The summed E-state index contributed by atoms with van der Waals surface area (Å²) in [5.41, 5.74) is 5.81. The van der Waals surface area contributed by atoms with Crippen LogP contribution in [-0.2, 0) is 17.8 Å². The molecule has 0 bridgehead atoms. The van der Waals surface area contributed by atoms with Gasteiger partial charge >= 0.3 is 6.09 Å². The average molecular weight is 254 g/mol. The van der Waals surface area contributed by atoms with Crippen molar-refractivity contribution in [2.24, 2.45) is 0 Å². The quantitative estimate of drug-likeness (QED) is 0.786. The molecule has 1 heterocycles. The molecule has 0 radical (unpaired) electrons. The van der Waals surface area contributed by atoms with E-state index in [0.717, 1.165) is 18.5 Å². The van der Waals surface area contributed by atoms with E-state index < -0.39 is 11.7 Å². The van der Waals surface area contributed by atoms with E-state index in [-0.39, 0.29) is 0 Å². The Morgan fingerprint density at radius 1 is 1.50 bits per heavy atom. The largest absolute Gasteiger partial charge is 0.443 e. The Bertz CT molecular complexity index is 382. The molecule has 0 aliphatic rings. The number of nitrogens with zero attached hydrogens (tertiary/aromatic N) is 2. The molecule has 0 fully saturated rings. The number of carbonyl (C=O) groups is 1. The molecule has 102 valence electrons. The van der Waals surface area contributed by atoms with Gasteiger partial charge in [0.05, 0.1) is 6.20 Å². The van der Waals surface area contributed by atoms with E-state index in [1.807, 2.05) is 31.6 Å². The summed E-state index contributed by atoms with van der Waals surface area (Å²) in [6, 6.07) is 0. The molecule has 0 aliphatic carbocycles. The fourth-order valence-electron chi connectivity index (χ4n) is 1.37. The minimum atomic E-state index is -0.488. The van der Waals surface area contributed by atoms with Gasteiger partial charge in [-0.25, -0.2) is 10.2 Å². The molecule has 18 heavy (non-hydrogen) atoms. The summed E-state index contributed by atoms with van der Waals surface area (Å²) in [6.07, 6.45) is 4.29. The van der Waals surface area contributed by atoms with E-state index in [9.17, 15) is 4.79 Å². The van der Waals surface area contributed by atoms with E-state index in [2.05, 4.69) is 22.9 Å². The van der Waals surface area contributed by atoms with E-state index in [1.165, 1.54) is 0 Å². The monoisotopic (exact) mass is 254 g/mol. The normalized spacial score (nSPS) is 11.3. The number of nitrogens with one attached hydrogen (secondary N) is 2. The van der Waals surface area contributed by atoms with Gasteiger partial charge in [-0.05, 0) is 27.2 Å².